The van der Waals surface area contributed by atoms with Crippen molar-refractivity contribution in [3.05, 3.63) is 29.6 Å². The topological polar surface area (TPSA) is 175 Å². The van der Waals surface area contributed by atoms with Crippen LogP contribution in [-0.2, 0) is 15.7 Å². The highest BCUT2D eigenvalue weighted by molar-refractivity contribution is 7.51. The van der Waals surface area contributed by atoms with Gasteiger partial charge in [-0.05, 0) is 12.1 Å². The molecule has 0 spiro atoms. The molecule has 0 bridgehead atoms. The van der Waals surface area contributed by atoms with E-state index in [9.17, 15) is 33.5 Å². The molecule has 2 heterocycles. The molecule has 29 heavy (non-hydrogen) atoms. The molecule has 0 aromatic carbocycles. The van der Waals surface area contributed by atoms with Gasteiger partial charge in [0.05, 0.1) is 5.69 Å². The predicted molar refractivity (Wildman–Crippen MR) is 103 cm³/mol. The van der Waals surface area contributed by atoms with Gasteiger partial charge in [-0.1, -0.05) is 6.07 Å². The molecule has 1 fully saturated rings. The molecule has 2 rings (SSSR count). The lowest BCUT2D eigenvalue weighted by molar-refractivity contribution is 0.0689. The summed E-state index contributed by atoms with van der Waals surface area (Å²) in [5, 5.41) is 9.08. The summed E-state index contributed by atoms with van der Waals surface area (Å²) < 4.78 is 22.8. The molecule has 0 atom stereocenters. The molecule has 1 aromatic heterocycles. The van der Waals surface area contributed by atoms with Gasteiger partial charge >= 0.3 is 21.2 Å². The normalized spacial score (nSPS) is 18.8. The van der Waals surface area contributed by atoms with Crippen LogP contribution in [0.3, 0.4) is 0 Å². The highest BCUT2D eigenvalue weighted by Gasteiger charge is 2.25. The summed E-state index contributed by atoms with van der Waals surface area (Å²) in [5.74, 6) is -1.14. The monoisotopic (exact) mass is 452 g/mol. The number of rotatable bonds is 7. The molecule has 0 unspecified atom stereocenters. The number of aromatic nitrogens is 1. The third-order valence-corrected chi connectivity index (χ3v) is 5.91. The van der Waals surface area contributed by atoms with Gasteiger partial charge in [0, 0.05) is 45.8 Å². The number of carboxylic acid groups (broad SMARTS) is 1. The molecule has 1 saturated heterocycles. The Labute approximate surface area is 168 Å². The van der Waals surface area contributed by atoms with Crippen LogP contribution in [0.15, 0.2) is 18.2 Å². The second-order valence-corrected chi connectivity index (χ2v) is 10.2. The molecule has 1 aromatic rings. The van der Waals surface area contributed by atoms with Gasteiger partial charge < -0.3 is 24.7 Å². The van der Waals surface area contributed by atoms with E-state index in [-0.39, 0.29) is 18.8 Å². The Morgan fingerprint density at radius 3 is 1.72 bits per heavy atom. The van der Waals surface area contributed by atoms with E-state index >= 15 is 0 Å². The standard InChI is InChI=1S/C15H26N4O8P2/c20-15(21)14-3-1-2-13(16-14)10-17-4-6-18(11-28(22,23)24)8-9-19(7-5-17)12-29(25,26)27/h1-3H,4-12H2,(H,20,21)(H2,22,23,24)(H2,25,26,27). The summed E-state index contributed by atoms with van der Waals surface area (Å²) in [7, 11) is -8.58. The summed E-state index contributed by atoms with van der Waals surface area (Å²) in [6.07, 6.45) is -0.894. The lowest BCUT2D eigenvalue weighted by atomic mass is 10.2. The average Bonchev–Trinajstić information content (AvgIpc) is 2.66. The quantitative estimate of drug-likeness (QED) is 0.335. The summed E-state index contributed by atoms with van der Waals surface area (Å²) >= 11 is 0. The van der Waals surface area contributed by atoms with Crippen LogP contribution in [0.2, 0.25) is 0 Å². The average molecular weight is 452 g/mol. The summed E-state index contributed by atoms with van der Waals surface area (Å²) in [5.41, 5.74) is 0.435. The first-order chi connectivity index (χ1) is 13.4. The molecule has 1 aliphatic heterocycles. The smallest absolute Gasteiger partial charge is 0.354 e. The number of hydrogen-bond donors (Lipinski definition) is 5. The highest BCUT2D eigenvalue weighted by Crippen LogP contribution is 2.36. The Bertz CT molecular complexity index is 762. The van der Waals surface area contributed by atoms with Gasteiger partial charge in [-0.3, -0.25) is 23.8 Å². The molecule has 14 heteroatoms. The van der Waals surface area contributed by atoms with Crippen LogP contribution in [0, 0.1) is 0 Å². The Kier molecular flexibility index (Phi) is 8.48. The zero-order valence-corrected chi connectivity index (χ0v) is 17.5. The van der Waals surface area contributed by atoms with Crippen molar-refractivity contribution in [1.82, 2.24) is 19.7 Å². The van der Waals surface area contributed by atoms with E-state index in [1.165, 1.54) is 6.07 Å². The Balaban J connectivity index is 2.14. The van der Waals surface area contributed by atoms with Gasteiger partial charge in [-0.15, -0.1) is 0 Å². The van der Waals surface area contributed by atoms with Crippen molar-refractivity contribution in [2.24, 2.45) is 0 Å². The first kappa shape index (κ1) is 24.1. The van der Waals surface area contributed by atoms with Crippen molar-refractivity contribution in [3.8, 4) is 0 Å². The van der Waals surface area contributed by atoms with Gasteiger partial charge in [0.1, 0.15) is 18.3 Å². The van der Waals surface area contributed by atoms with Crippen LogP contribution in [0.25, 0.3) is 0 Å². The SMILES string of the molecule is O=C(O)c1cccc(CN2CCN(CP(=O)(O)O)CCN(CP(=O)(O)O)CC2)n1. The minimum atomic E-state index is -4.29. The van der Waals surface area contributed by atoms with Crippen molar-refractivity contribution in [3.63, 3.8) is 0 Å². The van der Waals surface area contributed by atoms with Crippen LogP contribution < -0.4 is 0 Å². The fraction of sp³-hybridized carbons (Fsp3) is 0.600. The van der Waals surface area contributed by atoms with Crippen molar-refractivity contribution >= 4 is 21.2 Å². The maximum absolute atomic E-state index is 11.4. The van der Waals surface area contributed by atoms with Gasteiger partial charge in [0.25, 0.3) is 0 Å². The summed E-state index contributed by atoms with van der Waals surface area (Å²) in [4.78, 5) is 57.4. The summed E-state index contributed by atoms with van der Waals surface area (Å²) in [6, 6.07) is 4.65. The zero-order valence-electron chi connectivity index (χ0n) is 15.7. The van der Waals surface area contributed by atoms with E-state index in [0.717, 1.165) is 0 Å². The maximum Gasteiger partial charge on any atom is 0.354 e. The third kappa shape index (κ3) is 9.43. The van der Waals surface area contributed by atoms with Gasteiger partial charge in [-0.2, -0.15) is 0 Å². The Morgan fingerprint density at radius 2 is 1.31 bits per heavy atom. The lowest BCUT2D eigenvalue weighted by Gasteiger charge is -2.25. The molecule has 0 aliphatic carbocycles. The first-order valence-electron chi connectivity index (χ1n) is 8.87. The van der Waals surface area contributed by atoms with E-state index in [4.69, 9.17) is 5.11 Å². The number of carboxylic acids is 1. The van der Waals surface area contributed by atoms with Crippen molar-refractivity contribution < 1.29 is 38.6 Å². The fourth-order valence-electron chi connectivity index (χ4n) is 3.06. The summed E-state index contributed by atoms with van der Waals surface area (Å²) in [6.45, 7) is 2.36. The van der Waals surface area contributed by atoms with E-state index in [0.29, 0.717) is 38.4 Å². The van der Waals surface area contributed by atoms with Gasteiger partial charge in [0.2, 0.25) is 0 Å². The molecule has 1 aliphatic rings. The predicted octanol–water partition coefficient (Wildman–Crippen LogP) is -0.530. The van der Waals surface area contributed by atoms with Crippen LogP contribution >= 0.6 is 15.2 Å². The molecule has 0 radical (unpaired) electrons. The maximum atomic E-state index is 11.4. The first-order valence-corrected chi connectivity index (χ1v) is 12.5. The van der Waals surface area contributed by atoms with Crippen molar-refractivity contribution in [2.75, 3.05) is 51.8 Å². The number of pyridine rings is 1. The number of hydrogen-bond acceptors (Lipinski definition) is 7. The third-order valence-electron chi connectivity index (χ3n) is 4.38. The Hall–Kier alpha value is -1.20. The van der Waals surface area contributed by atoms with Crippen LogP contribution in [-0.4, -0.2) is 102 Å². The molecule has 0 saturated carbocycles. The molecule has 164 valence electrons. The van der Waals surface area contributed by atoms with Crippen molar-refractivity contribution in [2.45, 2.75) is 6.54 Å². The second-order valence-electron chi connectivity index (χ2n) is 6.94. The zero-order chi connectivity index (χ0) is 21.7. The van der Waals surface area contributed by atoms with Crippen LogP contribution in [0.1, 0.15) is 16.2 Å². The van der Waals surface area contributed by atoms with Crippen LogP contribution in [0.5, 0.6) is 0 Å². The number of nitrogens with zero attached hydrogens (tertiary/aromatic N) is 4. The van der Waals surface area contributed by atoms with E-state index in [1.54, 1.807) is 21.9 Å². The van der Waals surface area contributed by atoms with E-state index < -0.39 is 33.7 Å². The second kappa shape index (κ2) is 10.2. The van der Waals surface area contributed by atoms with E-state index in [1.807, 2.05) is 4.90 Å². The number of carbonyl (C=O) groups is 1. The molecule has 5 N–H and O–H groups in total. The molecule has 0 amide bonds. The number of aromatic carboxylic acids is 1. The van der Waals surface area contributed by atoms with E-state index in [2.05, 4.69) is 4.98 Å². The molecular weight excluding hydrogens is 426 g/mol. The lowest BCUT2D eigenvalue weighted by Crippen LogP contribution is -2.36. The highest BCUT2D eigenvalue weighted by atomic mass is 31.2. The largest absolute Gasteiger partial charge is 0.477 e. The van der Waals surface area contributed by atoms with Crippen molar-refractivity contribution in [1.29, 1.82) is 0 Å². The molecular formula is C15H26N4O8P2. The molecule has 12 nitrogen and oxygen atoms in total. The minimum absolute atomic E-state index is 0.0852. The van der Waals surface area contributed by atoms with Gasteiger partial charge in [0.15, 0.2) is 0 Å². The Morgan fingerprint density at radius 1 is 0.862 bits per heavy atom. The fourth-order valence-corrected chi connectivity index (χ4v) is 4.67. The van der Waals surface area contributed by atoms with Gasteiger partial charge in [-0.25, -0.2) is 9.78 Å². The van der Waals surface area contributed by atoms with Crippen LogP contribution in [0.4, 0.5) is 0 Å². The minimum Gasteiger partial charge on any atom is -0.477 e.